The highest BCUT2D eigenvalue weighted by molar-refractivity contribution is 6.07. The highest BCUT2D eigenvalue weighted by Crippen LogP contribution is 2.32. The van der Waals surface area contributed by atoms with Crippen molar-refractivity contribution in [1.29, 1.82) is 0 Å². The second-order valence-corrected chi connectivity index (χ2v) is 7.01. The van der Waals surface area contributed by atoms with Crippen molar-refractivity contribution in [3.05, 3.63) is 47.4 Å². The summed E-state index contributed by atoms with van der Waals surface area (Å²) in [5, 5.41) is 2.78. The maximum atomic E-state index is 12.9. The lowest BCUT2D eigenvalue weighted by atomic mass is 9.92. The van der Waals surface area contributed by atoms with E-state index in [1.54, 1.807) is 32.0 Å². The molecule has 3 rings (SSSR count). The summed E-state index contributed by atoms with van der Waals surface area (Å²) < 4.78 is 16.7. The summed E-state index contributed by atoms with van der Waals surface area (Å²) >= 11 is 0. The van der Waals surface area contributed by atoms with Gasteiger partial charge in [-0.1, -0.05) is 6.92 Å². The molecule has 150 valence electrons. The van der Waals surface area contributed by atoms with Crippen LogP contribution in [-0.4, -0.2) is 36.6 Å². The molecule has 0 bridgehead atoms. The summed E-state index contributed by atoms with van der Waals surface area (Å²) in [5.74, 6) is 2.44. The summed E-state index contributed by atoms with van der Waals surface area (Å²) in [4.78, 5) is 26.5. The van der Waals surface area contributed by atoms with E-state index in [0.29, 0.717) is 29.4 Å². The summed E-state index contributed by atoms with van der Waals surface area (Å²) in [6, 6.07) is 8.63. The number of benzene rings is 1. The average Bonchev–Trinajstić information content (AvgIpc) is 3.12. The molecule has 2 heterocycles. The molecule has 2 aromatic rings. The quantitative estimate of drug-likeness (QED) is 0.702. The van der Waals surface area contributed by atoms with Crippen molar-refractivity contribution in [2.75, 3.05) is 19.8 Å². The number of urea groups is 1. The van der Waals surface area contributed by atoms with Crippen molar-refractivity contribution in [2.45, 2.75) is 39.7 Å². The van der Waals surface area contributed by atoms with Crippen LogP contribution in [0, 0.1) is 13.8 Å². The van der Waals surface area contributed by atoms with E-state index in [9.17, 15) is 9.59 Å². The Balaban J connectivity index is 1.60. The Morgan fingerprint density at radius 3 is 2.21 bits per heavy atom. The summed E-state index contributed by atoms with van der Waals surface area (Å²) in [6.07, 6.45) is 0.945. The minimum absolute atomic E-state index is 0.157. The lowest BCUT2D eigenvalue weighted by molar-refractivity contribution is -0.131. The summed E-state index contributed by atoms with van der Waals surface area (Å²) in [5.41, 5.74) is -0.452. The maximum absolute atomic E-state index is 12.9. The number of aryl methyl sites for hydroxylation is 2. The first-order valence-electron chi connectivity index (χ1n) is 9.42. The van der Waals surface area contributed by atoms with Crippen LogP contribution in [0.4, 0.5) is 4.79 Å². The Hall–Kier alpha value is -2.96. The van der Waals surface area contributed by atoms with E-state index in [0.717, 1.165) is 12.2 Å². The van der Waals surface area contributed by atoms with Gasteiger partial charge >= 0.3 is 6.03 Å². The third-order valence-corrected chi connectivity index (χ3v) is 4.73. The smallest absolute Gasteiger partial charge is 0.325 e. The molecule has 0 spiro atoms. The second kappa shape index (κ2) is 7.96. The Kier molecular flexibility index (Phi) is 5.63. The normalized spacial score (nSPS) is 19.1. The minimum Gasteiger partial charge on any atom is -0.494 e. The second-order valence-electron chi connectivity index (χ2n) is 7.01. The first-order valence-corrected chi connectivity index (χ1v) is 9.42. The number of carbonyl (C=O) groups is 2. The lowest BCUT2D eigenvalue weighted by Gasteiger charge is -2.21. The SMILES string of the molecule is CCCOc1ccc(OCCN2C(=O)NC(C)(c3cc(C)oc3C)C2=O)cc1. The number of furan rings is 1. The van der Waals surface area contributed by atoms with Gasteiger partial charge in [-0.15, -0.1) is 0 Å². The van der Waals surface area contributed by atoms with Crippen LogP contribution in [0.15, 0.2) is 34.7 Å². The summed E-state index contributed by atoms with van der Waals surface area (Å²) in [6.45, 7) is 8.37. The fourth-order valence-electron chi connectivity index (χ4n) is 3.32. The number of amides is 3. The molecular weight excluding hydrogens is 360 g/mol. The molecule has 1 aromatic carbocycles. The van der Waals surface area contributed by atoms with Crippen LogP contribution in [0.25, 0.3) is 0 Å². The van der Waals surface area contributed by atoms with Gasteiger partial charge in [0.05, 0.1) is 13.2 Å². The molecule has 1 aromatic heterocycles. The molecule has 1 saturated heterocycles. The van der Waals surface area contributed by atoms with E-state index in [-0.39, 0.29) is 19.1 Å². The van der Waals surface area contributed by atoms with E-state index in [1.807, 2.05) is 26.0 Å². The van der Waals surface area contributed by atoms with Gasteiger partial charge < -0.3 is 19.2 Å². The Labute approximate surface area is 164 Å². The monoisotopic (exact) mass is 386 g/mol. The number of imide groups is 1. The molecule has 1 N–H and O–H groups in total. The van der Waals surface area contributed by atoms with E-state index < -0.39 is 11.6 Å². The molecule has 1 aliphatic heterocycles. The maximum Gasteiger partial charge on any atom is 0.325 e. The van der Waals surface area contributed by atoms with Gasteiger partial charge in [0.2, 0.25) is 0 Å². The zero-order chi connectivity index (χ0) is 20.3. The largest absolute Gasteiger partial charge is 0.494 e. The molecule has 0 aliphatic carbocycles. The molecule has 1 aliphatic rings. The van der Waals surface area contributed by atoms with Gasteiger partial charge in [-0.2, -0.15) is 0 Å². The first-order chi connectivity index (χ1) is 13.3. The molecule has 28 heavy (non-hydrogen) atoms. The number of rotatable bonds is 8. The number of hydrogen-bond donors (Lipinski definition) is 1. The van der Waals surface area contributed by atoms with Gasteiger partial charge in [0.25, 0.3) is 5.91 Å². The number of ether oxygens (including phenoxy) is 2. The highest BCUT2D eigenvalue weighted by Gasteiger charge is 2.50. The Bertz CT molecular complexity index is 858. The number of nitrogens with one attached hydrogen (secondary N) is 1. The van der Waals surface area contributed by atoms with Crippen LogP contribution in [0.5, 0.6) is 11.5 Å². The molecule has 7 nitrogen and oxygen atoms in total. The molecule has 1 atom stereocenters. The van der Waals surface area contributed by atoms with E-state index in [2.05, 4.69) is 5.32 Å². The van der Waals surface area contributed by atoms with Crippen molar-refractivity contribution in [3.63, 3.8) is 0 Å². The van der Waals surface area contributed by atoms with E-state index >= 15 is 0 Å². The van der Waals surface area contributed by atoms with Crippen molar-refractivity contribution >= 4 is 11.9 Å². The molecule has 3 amide bonds. The van der Waals surface area contributed by atoms with Crippen LogP contribution >= 0.6 is 0 Å². The first kappa shape index (κ1) is 19.8. The van der Waals surface area contributed by atoms with Crippen molar-refractivity contribution < 1.29 is 23.5 Å². The third kappa shape index (κ3) is 3.83. The molecule has 7 heteroatoms. The lowest BCUT2D eigenvalue weighted by Crippen LogP contribution is -2.41. The van der Waals surface area contributed by atoms with Gasteiger partial charge in [0.15, 0.2) is 0 Å². The Morgan fingerprint density at radius 2 is 1.68 bits per heavy atom. The van der Waals surface area contributed by atoms with E-state index in [1.165, 1.54) is 4.90 Å². The van der Waals surface area contributed by atoms with Crippen LogP contribution in [0.1, 0.15) is 37.4 Å². The van der Waals surface area contributed by atoms with Gasteiger partial charge in [0, 0.05) is 5.56 Å². The average molecular weight is 386 g/mol. The van der Waals surface area contributed by atoms with Gasteiger partial charge in [0.1, 0.15) is 35.2 Å². The van der Waals surface area contributed by atoms with Gasteiger partial charge in [-0.25, -0.2) is 4.79 Å². The molecule has 1 fully saturated rings. The number of nitrogens with zero attached hydrogens (tertiary/aromatic N) is 1. The zero-order valence-corrected chi connectivity index (χ0v) is 16.7. The fraction of sp³-hybridized carbons (Fsp3) is 0.429. The minimum atomic E-state index is -1.13. The standard InChI is InChI=1S/C21H26N2O5/c1-5-11-26-16-6-8-17(9-7-16)27-12-10-23-19(24)21(4,22-20(23)25)18-13-14(2)28-15(18)3/h6-9,13H,5,10-12H2,1-4H3,(H,22,25). The van der Waals surface area contributed by atoms with E-state index in [4.69, 9.17) is 13.9 Å². The zero-order valence-electron chi connectivity index (χ0n) is 16.7. The topological polar surface area (TPSA) is 81.0 Å². The molecular formula is C21H26N2O5. The van der Waals surface area contributed by atoms with Crippen LogP contribution in [0.2, 0.25) is 0 Å². The highest BCUT2D eigenvalue weighted by atomic mass is 16.5. The predicted molar refractivity (Wildman–Crippen MR) is 104 cm³/mol. The number of hydrogen-bond acceptors (Lipinski definition) is 5. The molecule has 0 radical (unpaired) electrons. The van der Waals surface area contributed by atoms with Crippen molar-refractivity contribution in [2.24, 2.45) is 0 Å². The fourth-order valence-corrected chi connectivity index (χ4v) is 3.32. The van der Waals surface area contributed by atoms with Crippen LogP contribution < -0.4 is 14.8 Å². The number of carbonyl (C=O) groups excluding carboxylic acids is 2. The van der Waals surface area contributed by atoms with Gasteiger partial charge in [-0.05, 0) is 57.5 Å². The Morgan fingerprint density at radius 1 is 1.07 bits per heavy atom. The molecule has 0 saturated carbocycles. The third-order valence-electron chi connectivity index (χ3n) is 4.73. The predicted octanol–water partition coefficient (Wildman–Crippen LogP) is 3.53. The van der Waals surface area contributed by atoms with Crippen LogP contribution in [-0.2, 0) is 10.3 Å². The van der Waals surface area contributed by atoms with Crippen LogP contribution in [0.3, 0.4) is 0 Å². The van der Waals surface area contributed by atoms with Gasteiger partial charge in [-0.3, -0.25) is 9.69 Å². The van der Waals surface area contributed by atoms with Crippen molar-refractivity contribution in [1.82, 2.24) is 10.2 Å². The summed E-state index contributed by atoms with van der Waals surface area (Å²) in [7, 11) is 0. The molecule has 1 unspecified atom stereocenters. The van der Waals surface area contributed by atoms with Crippen molar-refractivity contribution in [3.8, 4) is 11.5 Å².